The van der Waals surface area contributed by atoms with Crippen LogP contribution in [0.3, 0.4) is 0 Å². The van der Waals surface area contributed by atoms with Crippen molar-refractivity contribution < 1.29 is 22.0 Å². The Morgan fingerprint density at radius 2 is 1.86 bits per heavy atom. The topological polar surface area (TPSA) is 66.5 Å². The molecule has 0 aromatic heterocycles. The number of fused-ring (bicyclic) bond motifs is 1. The van der Waals surface area contributed by atoms with Crippen molar-refractivity contribution in [3.63, 3.8) is 0 Å². The molecule has 0 spiro atoms. The van der Waals surface area contributed by atoms with Crippen LogP contribution in [0.1, 0.15) is 36.5 Å². The van der Waals surface area contributed by atoms with Gasteiger partial charge in [0.1, 0.15) is 0 Å². The van der Waals surface area contributed by atoms with E-state index in [-0.39, 0.29) is 17.0 Å². The zero-order valence-electron chi connectivity index (χ0n) is 15.8. The van der Waals surface area contributed by atoms with Crippen LogP contribution in [-0.4, -0.2) is 20.9 Å². The maximum atomic E-state index is 14.0. The lowest BCUT2D eigenvalue weighted by atomic mass is 10.0. The summed E-state index contributed by atoms with van der Waals surface area (Å²) in [6.45, 7) is 4.00. The molecule has 1 N–H and O–H groups in total. The number of nitrogens with one attached hydrogen (secondary N) is 1. The minimum atomic E-state index is -3.94. The molecule has 0 radical (unpaired) electrons. The summed E-state index contributed by atoms with van der Waals surface area (Å²) in [4.78, 5) is 13.8. The largest absolute Gasteiger partial charge is 0.312 e. The molecule has 0 fully saturated rings. The number of carbonyl (C=O) groups is 1. The zero-order valence-corrected chi connectivity index (χ0v) is 16.6. The van der Waals surface area contributed by atoms with Crippen LogP contribution in [0.5, 0.6) is 0 Å². The number of hydrogen-bond acceptors (Lipinski definition) is 3. The van der Waals surface area contributed by atoms with Crippen molar-refractivity contribution in [1.82, 2.24) is 0 Å². The standard InChI is InChI=1S/C20H22F2N2O3S/c1-3-10-24-17-8-7-16(11-14(17)6-9-18(24)25)23-28(26,27)12-15-5-4-13(2)19(21)20(15)22/h4-5,7-8,11,23H,3,6,9-10,12H2,1-2H3. The molecule has 0 unspecified atom stereocenters. The van der Waals surface area contributed by atoms with E-state index in [0.29, 0.717) is 25.1 Å². The van der Waals surface area contributed by atoms with Crippen LogP contribution < -0.4 is 9.62 Å². The van der Waals surface area contributed by atoms with Gasteiger partial charge in [0.25, 0.3) is 0 Å². The predicted molar refractivity (Wildman–Crippen MR) is 105 cm³/mol. The number of hydrogen-bond donors (Lipinski definition) is 1. The Morgan fingerprint density at radius 1 is 1.11 bits per heavy atom. The highest BCUT2D eigenvalue weighted by molar-refractivity contribution is 7.91. The van der Waals surface area contributed by atoms with Crippen molar-refractivity contribution in [1.29, 1.82) is 0 Å². The van der Waals surface area contributed by atoms with Crippen molar-refractivity contribution in [3.05, 3.63) is 58.7 Å². The number of aryl methyl sites for hydroxylation is 2. The van der Waals surface area contributed by atoms with Gasteiger partial charge in [0.05, 0.1) is 5.75 Å². The van der Waals surface area contributed by atoms with E-state index in [9.17, 15) is 22.0 Å². The molecule has 5 nitrogen and oxygen atoms in total. The lowest BCUT2D eigenvalue weighted by Gasteiger charge is -2.29. The number of anilines is 2. The molecule has 0 aliphatic carbocycles. The molecule has 0 bridgehead atoms. The lowest BCUT2D eigenvalue weighted by molar-refractivity contribution is -0.118. The Kier molecular flexibility index (Phi) is 5.69. The van der Waals surface area contributed by atoms with Crippen molar-refractivity contribution >= 4 is 27.3 Å². The number of carbonyl (C=O) groups excluding carboxylic acids is 1. The average Bonchev–Trinajstić information content (AvgIpc) is 2.64. The van der Waals surface area contributed by atoms with E-state index in [2.05, 4.69) is 4.72 Å². The molecule has 1 amide bonds. The van der Waals surface area contributed by atoms with Crippen LogP contribution in [0.2, 0.25) is 0 Å². The third kappa shape index (κ3) is 4.16. The second-order valence-electron chi connectivity index (χ2n) is 6.92. The summed E-state index contributed by atoms with van der Waals surface area (Å²) in [5.41, 5.74) is 1.88. The highest BCUT2D eigenvalue weighted by Crippen LogP contribution is 2.31. The number of amides is 1. The summed E-state index contributed by atoms with van der Waals surface area (Å²) < 4.78 is 55.0. The van der Waals surface area contributed by atoms with Gasteiger partial charge >= 0.3 is 0 Å². The van der Waals surface area contributed by atoms with Crippen molar-refractivity contribution in [2.24, 2.45) is 0 Å². The van der Waals surface area contributed by atoms with Gasteiger partial charge < -0.3 is 4.90 Å². The van der Waals surface area contributed by atoms with Gasteiger partial charge in [0.2, 0.25) is 15.9 Å². The van der Waals surface area contributed by atoms with Crippen LogP contribution in [0.15, 0.2) is 30.3 Å². The molecule has 2 aromatic carbocycles. The van der Waals surface area contributed by atoms with Crippen LogP contribution in [0, 0.1) is 18.6 Å². The summed E-state index contributed by atoms with van der Waals surface area (Å²) >= 11 is 0. The Hall–Kier alpha value is -2.48. The lowest BCUT2D eigenvalue weighted by Crippen LogP contribution is -2.35. The highest BCUT2D eigenvalue weighted by Gasteiger charge is 2.24. The highest BCUT2D eigenvalue weighted by atomic mass is 32.2. The number of rotatable bonds is 6. The molecule has 3 rings (SSSR count). The van der Waals surface area contributed by atoms with E-state index in [4.69, 9.17) is 0 Å². The first-order chi connectivity index (χ1) is 13.2. The predicted octanol–water partition coefficient (Wildman–Crippen LogP) is 3.90. The van der Waals surface area contributed by atoms with Gasteiger partial charge in [-0.15, -0.1) is 0 Å². The van der Waals surface area contributed by atoms with Crippen LogP contribution >= 0.6 is 0 Å². The third-order valence-electron chi connectivity index (χ3n) is 4.70. The SMILES string of the molecule is CCCN1C(=O)CCc2cc(NS(=O)(=O)Cc3ccc(C)c(F)c3F)ccc21. The molecule has 1 aliphatic rings. The average molecular weight is 408 g/mol. The maximum Gasteiger partial charge on any atom is 0.237 e. The first-order valence-corrected chi connectivity index (χ1v) is 10.7. The van der Waals surface area contributed by atoms with E-state index >= 15 is 0 Å². The second kappa shape index (κ2) is 7.87. The van der Waals surface area contributed by atoms with Gasteiger partial charge in [-0.25, -0.2) is 17.2 Å². The Bertz CT molecular complexity index is 1020. The Morgan fingerprint density at radius 3 is 2.57 bits per heavy atom. The normalized spacial score (nSPS) is 14.1. The molecular formula is C20H22F2N2O3S. The van der Waals surface area contributed by atoms with Crippen LogP contribution in [0.4, 0.5) is 20.2 Å². The summed E-state index contributed by atoms with van der Waals surface area (Å²) in [7, 11) is -3.94. The summed E-state index contributed by atoms with van der Waals surface area (Å²) in [5, 5.41) is 0. The number of sulfonamides is 1. The van der Waals surface area contributed by atoms with Gasteiger partial charge in [0, 0.05) is 29.9 Å². The van der Waals surface area contributed by atoms with Gasteiger partial charge in [-0.1, -0.05) is 19.1 Å². The van der Waals surface area contributed by atoms with Gasteiger partial charge in [0.15, 0.2) is 11.6 Å². The van der Waals surface area contributed by atoms with E-state index in [0.717, 1.165) is 17.7 Å². The first kappa shape index (κ1) is 20.3. The van der Waals surface area contributed by atoms with Gasteiger partial charge in [-0.05, 0) is 49.1 Å². The van der Waals surface area contributed by atoms with Crippen molar-refractivity contribution in [2.75, 3.05) is 16.2 Å². The molecule has 28 heavy (non-hydrogen) atoms. The van der Waals surface area contributed by atoms with Gasteiger partial charge in [-0.2, -0.15) is 0 Å². The smallest absolute Gasteiger partial charge is 0.237 e. The quantitative estimate of drug-likeness (QED) is 0.788. The second-order valence-corrected chi connectivity index (χ2v) is 8.64. The molecule has 0 atom stereocenters. The first-order valence-electron chi connectivity index (χ1n) is 9.09. The van der Waals surface area contributed by atoms with E-state index in [1.165, 1.54) is 19.1 Å². The fraction of sp³-hybridized carbons (Fsp3) is 0.350. The number of halogens is 2. The summed E-state index contributed by atoms with van der Waals surface area (Å²) in [6, 6.07) is 7.60. The van der Waals surface area contributed by atoms with Crippen molar-refractivity contribution in [3.8, 4) is 0 Å². The molecule has 1 heterocycles. The van der Waals surface area contributed by atoms with Crippen LogP contribution in [0.25, 0.3) is 0 Å². The summed E-state index contributed by atoms with van der Waals surface area (Å²) in [6.07, 6.45) is 1.72. The summed E-state index contributed by atoms with van der Waals surface area (Å²) in [5.74, 6) is -2.81. The molecule has 8 heteroatoms. The third-order valence-corrected chi connectivity index (χ3v) is 5.94. The molecule has 1 aliphatic heterocycles. The fourth-order valence-electron chi connectivity index (χ4n) is 3.31. The number of benzene rings is 2. The van der Waals surface area contributed by atoms with E-state index in [1.807, 2.05) is 6.92 Å². The minimum Gasteiger partial charge on any atom is -0.312 e. The minimum absolute atomic E-state index is 0.0551. The number of nitrogens with zero attached hydrogens (tertiary/aromatic N) is 1. The van der Waals surface area contributed by atoms with Crippen molar-refractivity contribution in [2.45, 2.75) is 38.9 Å². The zero-order chi connectivity index (χ0) is 20.5. The van der Waals surface area contributed by atoms with E-state index in [1.54, 1.807) is 23.1 Å². The molecule has 150 valence electrons. The molecule has 0 saturated carbocycles. The maximum absolute atomic E-state index is 14.0. The van der Waals surface area contributed by atoms with Gasteiger partial charge in [-0.3, -0.25) is 9.52 Å². The molecule has 0 saturated heterocycles. The van der Waals surface area contributed by atoms with Crippen LogP contribution in [-0.2, 0) is 27.0 Å². The Labute approximate surface area is 163 Å². The fourth-order valence-corrected chi connectivity index (χ4v) is 4.50. The Balaban J connectivity index is 1.82. The molecule has 2 aromatic rings. The van der Waals surface area contributed by atoms with E-state index < -0.39 is 27.4 Å². The monoisotopic (exact) mass is 408 g/mol. The molecular weight excluding hydrogens is 386 g/mol.